The molecule has 0 rings (SSSR count). The van der Waals surface area contributed by atoms with Gasteiger partial charge in [0.25, 0.3) is 0 Å². The van der Waals surface area contributed by atoms with Crippen LogP contribution in [0.25, 0.3) is 0 Å². The minimum absolute atomic E-state index is 0.289. The van der Waals surface area contributed by atoms with E-state index in [1.165, 1.54) is 0 Å². The molecule has 0 radical (unpaired) electrons. The maximum atomic E-state index is 10.9. The van der Waals surface area contributed by atoms with Gasteiger partial charge in [-0.1, -0.05) is 19.8 Å². The molecule has 3 heteroatoms. The molecule has 0 fully saturated rings. The maximum Gasteiger partial charge on any atom is 0.0431 e. The van der Waals surface area contributed by atoms with E-state index in [4.69, 9.17) is 5.11 Å². The van der Waals surface area contributed by atoms with Crippen molar-refractivity contribution in [1.82, 2.24) is 0 Å². The molecule has 11 heavy (non-hydrogen) atoms. The molecule has 0 aliphatic heterocycles. The van der Waals surface area contributed by atoms with Crippen LogP contribution < -0.4 is 0 Å². The van der Waals surface area contributed by atoms with Gasteiger partial charge in [-0.05, 0) is 12.8 Å². The van der Waals surface area contributed by atoms with E-state index in [1.54, 1.807) is 0 Å². The summed E-state index contributed by atoms with van der Waals surface area (Å²) in [5.74, 6) is 1.61. The number of hydrogen-bond donors (Lipinski definition) is 1. The molecule has 0 heterocycles. The van der Waals surface area contributed by atoms with Crippen molar-refractivity contribution in [1.29, 1.82) is 0 Å². The fourth-order valence-corrected chi connectivity index (χ4v) is 1.69. The van der Waals surface area contributed by atoms with E-state index >= 15 is 0 Å². The zero-order valence-electron chi connectivity index (χ0n) is 7.21. The van der Waals surface area contributed by atoms with Gasteiger partial charge in [0.2, 0.25) is 0 Å². The van der Waals surface area contributed by atoms with Crippen LogP contribution in [-0.4, -0.2) is 27.4 Å². The van der Waals surface area contributed by atoms with Crippen molar-refractivity contribution in [3.05, 3.63) is 0 Å². The van der Waals surface area contributed by atoms with Crippen LogP contribution in [-0.2, 0) is 10.8 Å². The van der Waals surface area contributed by atoms with Crippen LogP contribution in [0.15, 0.2) is 0 Å². The van der Waals surface area contributed by atoms with Crippen LogP contribution >= 0.6 is 0 Å². The second kappa shape index (κ2) is 8.21. The van der Waals surface area contributed by atoms with Crippen molar-refractivity contribution in [2.45, 2.75) is 32.6 Å². The van der Waals surface area contributed by atoms with Crippen molar-refractivity contribution in [2.75, 3.05) is 18.1 Å². The average Bonchev–Trinajstić information content (AvgIpc) is 2.04. The topological polar surface area (TPSA) is 37.3 Å². The molecule has 2 nitrogen and oxygen atoms in total. The largest absolute Gasteiger partial charge is 0.396 e. The molecule has 0 aromatic heterocycles. The molecule has 0 aromatic carbocycles. The van der Waals surface area contributed by atoms with Gasteiger partial charge in [0.05, 0.1) is 0 Å². The summed E-state index contributed by atoms with van der Waals surface area (Å²) in [6.07, 6.45) is 4.10. The third-order valence-electron chi connectivity index (χ3n) is 1.60. The van der Waals surface area contributed by atoms with Crippen LogP contribution in [0.4, 0.5) is 0 Å². The molecule has 0 aliphatic rings. The van der Waals surface area contributed by atoms with E-state index in [-0.39, 0.29) is 6.61 Å². The van der Waals surface area contributed by atoms with Crippen molar-refractivity contribution >= 4 is 10.8 Å². The Morgan fingerprint density at radius 2 is 1.82 bits per heavy atom. The normalized spacial score (nSPS) is 13.3. The summed E-state index contributed by atoms with van der Waals surface area (Å²) in [5, 5.41) is 8.46. The van der Waals surface area contributed by atoms with Gasteiger partial charge in [-0.15, -0.1) is 0 Å². The molecule has 0 saturated carbocycles. The Bertz CT molecular complexity index is 104. The number of hydrogen-bond acceptors (Lipinski definition) is 2. The highest BCUT2D eigenvalue weighted by Crippen LogP contribution is 2.00. The third-order valence-corrected chi connectivity index (χ3v) is 2.99. The fourth-order valence-electron chi connectivity index (χ4n) is 0.873. The first-order chi connectivity index (χ1) is 5.31. The average molecular weight is 178 g/mol. The van der Waals surface area contributed by atoms with Gasteiger partial charge in [0, 0.05) is 28.9 Å². The Labute approximate surface area is 71.5 Å². The predicted octanol–water partition coefficient (Wildman–Crippen LogP) is 1.31. The molecule has 0 saturated heterocycles. The molecule has 1 unspecified atom stereocenters. The first-order valence-corrected chi connectivity index (χ1v) is 5.76. The van der Waals surface area contributed by atoms with E-state index in [0.29, 0.717) is 0 Å². The molecule has 0 aromatic rings. The standard InChI is InChI=1S/C8H18O2S/c1-2-11(10)8-6-4-3-5-7-9/h9H,2-8H2,1H3. The monoisotopic (exact) mass is 178 g/mol. The number of unbranched alkanes of at least 4 members (excludes halogenated alkanes) is 3. The van der Waals surface area contributed by atoms with Gasteiger partial charge in [-0.2, -0.15) is 0 Å². The summed E-state index contributed by atoms with van der Waals surface area (Å²) in [6.45, 7) is 2.24. The lowest BCUT2D eigenvalue weighted by atomic mass is 10.2. The van der Waals surface area contributed by atoms with Crippen molar-refractivity contribution in [3.8, 4) is 0 Å². The quantitative estimate of drug-likeness (QED) is 0.597. The number of aliphatic hydroxyl groups is 1. The van der Waals surface area contributed by atoms with Gasteiger partial charge >= 0.3 is 0 Å². The second-order valence-corrected chi connectivity index (χ2v) is 4.44. The first-order valence-electron chi connectivity index (χ1n) is 4.27. The highest BCUT2D eigenvalue weighted by atomic mass is 32.2. The van der Waals surface area contributed by atoms with Crippen LogP contribution in [0, 0.1) is 0 Å². The number of rotatable bonds is 7. The van der Waals surface area contributed by atoms with Crippen molar-refractivity contribution in [2.24, 2.45) is 0 Å². The third kappa shape index (κ3) is 8.01. The summed E-state index contributed by atoms with van der Waals surface area (Å²) in [4.78, 5) is 0. The summed E-state index contributed by atoms with van der Waals surface area (Å²) < 4.78 is 10.9. The molecular weight excluding hydrogens is 160 g/mol. The minimum atomic E-state index is -0.595. The van der Waals surface area contributed by atoms with E-state index in [0.717, 1.165) is 37.2 Å². The molecule has 1 atom stereocenters. The van der Waals surface area contributed by atoms with Crippen molar-refractivity contribution in [3.63, 3.8) is 0 Å². The minimum Gasteiger partial charge on any atom is -0.396 e. The van der Waals surface area contributed by atoms with Crippen LogP contribution in [0.1, 0.15) is 32.6 Å². The van der Waals surface area contributed by atoms with Crippen molar-refractivity contribution < 1.29 is 9.32 Å². The fraction of sp³-hybridized carbons (Fsp3) is 1.00. The van der Waals surface area contributed by atoms with E-state index in [2.05, 4.69) is 0 Å². The van der Waals surface area contributed by atoms with E-state index in [9.17, 15) is 4.21 Å². The highest BCUT2D eigenvalue weighted by Gasteiger charge is 1.94. The first kappa shape index (κ1) is 11.1. The zero-order chi connectivity index (χ0) is 8.53. The predicted molar refractivity (Wildman–Crippen MR) is 49.1 cm³/mol. The zero-order valence-corrected chi connectivity index (χ0v) is 8.03. The summed E-state index contributed by atoms with van der Waals surface area (Å²) in [6, 6.07) is 0. The highest BCUT2D eigenvalue weighted by molar-refractivity contribution is 7.84. The lowest BCUT2D eigenvalue weighted by Gasteiger charge is -1.98. The van der Waals surface area contributed by atoms with Gasteiger partial charge in [0.1, 0.15) is 0 Å². The van der Waals surface area contributed by atoms with Crippen LogP contribution in [0.2, 0.25) is 0 Å². The Kier molecular flexibility index (Phi) is 8.29. The second-order valence-electron chi connectivity index (χ2n) is 2.57. The lowest BCUT2D eigenvalue weighted by Crippen LogP contribution is -1.99. The molecule has 0 bridgehead atoms. The molecular formula is C8H18O2S. The van der Waals surface area contributed by atoms with Gasteiger partial charge in [-0.3, -0.25) is 4.21 Å². The molecule has 0 aliphatic carbocycles. The summed E-state index contributed by atoms with van der Waals surface area (Å²) >= 11 is 0. The Hall–Kier alpha value is 0.110. The molecule has 0 amide bonds. The molecule has 1 N–H and O–H groups in total. The van der Waals surface area contributed by atoms with Crippen LogP contribution in [0.5, 0.6) is 0 Å². The summed E-state index contributed by atoms with van der Waals surface area (Å²) in [5.41, 5.74) is 0. The van der Waals surface area contributed by atoms with E-state index < -0.39 is 10.8 Å². The SMILES string of the molecule is CCS(=O)CCCCCCO. The summed E-state index contributed by atoms with van der Waals surface area (Å²) in [7, 11) is -0.595. The van der Waals surface area contributed by atoms with Gasteiger partial charge in [0.15, 0.2) is 0 Å². The van der Waals surface area contributed by atoms with Gasteiger partial charge < -0.3 is 5.11 Å². The lowest BCUT2D eigenvalue weighted by molar-refractivity contribution is 0.283. The van der Waals surface area contributed by atoms with Gasteiger partial charge in [-0.25, -0.2) is 0 Å². The Morgan fingerprint density at radius 3 is 2.36 bits per heavy atom. The number of aliphatic hydroxyl groups excluding tert-OH is 1. The Balaban J connectivity index is 2.95. The maximum absolute atomic E-state index is 10.9. The molecule has 0 spiro atoms. The molecule has 68 valence electrons. The van der Waals surface area contributed by atoms with Crippen LogP contribution in [0.3, 0.4) is 0 Å². The smallest absolute Gasteiger partial charge is 0.0431 e. The Morgan fingerprint density at radius 1 is 1.18 bits per heavy atom. The van der Waals surface area contributed by atoms with E-state index in [1.807, 2.05) is 6.92 Å².